The number of nitro benzene ring substituents is 2. The van der Waals surface area contributed by atoms with E-state index in [1.165, 1.54) is 38.3 Å². The lowest BCUT2D eigenvalue weighted by Gasteiger charge is -2.10. The minimum atomic E-state index is -0.908. The molecule has 11 heteroatoms. The van der Waals surface area contributed by atoms with E-state index >= 15 is 0 Å². The average molecular weight is 389 g/mol. The molecule has 0 saturated carbocycles. The van der Waals surface area contributed by atoms with Gasteiger partial charge < -0.3 is 14.8 Å². The SMILES string of the molecule is COc1cc([N+](=O)[O-])ccc1NC(=O)COC(=O)c1ccc(C)c([N+](=O)[O-])c1. The molecule has 0 spiro atoms. The number of non-ortho nitro benzene ring substituents is 1. The molecule has 0 saturated heterocycles. The number of methoxy groups -OCH3 is 1. The molecule has 0 bridgehead atoms. The summed E-state index contributed by atoms with van der Waals surface area (Å²) in [5, 5.41) is 24.1. The average Bonchev–Trinajstić information content (AvgIpc) is 2.66. The van der Waals surface area contributed by atoms with Crippen LogP contribution in [0.15, 0.2) is 36.4 Å². The van der Waals surface area contributed by atoms with Gasteiger partial charge >= 0.3 is 5.97 Å². The van der Waals surface area contributed by atoms with Crippen LogP contribution in [0, 0.1) is 27.2 Å². The number of nitrogens with one attached hydrogen (secondary N) is 1. The van der Waals surface area contributed by atoms with Gasteiger partial charge in [-0.05, 0) is 19.1 Å². The molecule has 0 unspecified atom stereocenters. The van der Waals surface area contributed by atoms with Gasteiger partial charge in [0.1, 0.15) is 5.75 Å². The Kier molecular flexibility index (Phi) is 6.22. The van der Waals surface area contributed by atoms with Crippen LogP contribution in [0.1, 0.15) is 15.9 Å². The molecule has 0 heterocycles. The Morgan fingerprint density at radius 2 is 1.79 bits per heavy atom. The second-order valence-corrected chi connectivity index (χ2v) is 5.52. The summed E-state index contributed by atoms with van der Waals surface area (Å²) in [5.41, 5.74) is -0.000502. The topological polar surface area (TPSA) is 151 Å². The van der Waals surface area contributed by atoms with Crippen molar-refractivity contribution in [1.82, 2.24) is 0 Å². The fourth-order valence-electron chi connectivity index (χ4n) is 2.23. The van der Waals surface area contributed by atoms with Gasteiger partial charge in [-0.3, -0.25) is 25.0 Å². The summed E-state index contributed by atoms with van der Waals surface area (Å²) >= 11 is 0. The predicted octanol–water partition coefficient (Wildman–Crippen LogP) is 2.62. The van der Waals surface area contributed by atoms with Crippen LogP contribution in [-0.4, -0.2) is 35.4 Å². The van der Waals surface area contributed by atoms with Crippen molar-refractivity contribution in [3.05, 3.63) is 67.8 Å². The molecule has 146 valence electrons. The molecule has 1 N–H and O–H groups in total. The van der Waals surface area contributed by atoms with Crippen molar-refractivity contribution in [2.75, 3.05) is 19.0 Å². The normalized spacial score (nSPS) is 10.1. The predicted molar refractivity (Wildman–Crippen MR) is 96.4 cm³/mol. The monoisotopic (exact) mass is 389 g/mol. The van der Waals surface area contributed by atoms with E-state index in [2.05, 4.69) is 5.32 Å². The molecule has 28 heavy (non-hydrogen) atoms. The van der Waals surface area contributed by atoms with Crippen LogP contribution < -0.4 is 10.1 Å². The molecule has 0 fully saturated rings. The van der Waals surface area contributed by atoms with E-state index in [0.717, 1.165) is 12.1 Å². The molecule has 2 aromatic carbocycles. The Morgan fingerprint density at radius 3 is 2.39 bits per heavy atom. The Bertz CT molecular complexity index is 957. The number of nitro groups is 2. The van der Waals surface area contributed by atoms with Crippen molar-refractivity contribution in [3.8, 4) is 5.75 Å². The van der Waals surface area contributed by atoms with Crippen molar-refractivity contribution >= 4 is 28.9 Å². The standard InChI is InChI=1S/C17H15N3O8/c1-10-3-4-11(7-14(10)20(25)26)17(22)28-9-16(21)18-13-6-5-12(19(23)24)8-15(13)27-2/h3-8H,9H2,1-2H3,(H,18,21). The molecule has 0 radical (unpaired) electrons. The number of nitrogens with zero attached hydrogens (tertiary/aromatic N) is 2. The fraction of sp³-hybridized carbons (Fsp3) is 0.176. The third-order valence-electron chi connectivity index (χ3n) is 3.65. The van der Waals surface area contributed by atoms with E-state index in [0.29, 0.717) is 5.56 Å². The highest BCUT2D eigenvalue weighted by molar-refractivity contribution is 5.96. The van der Waals surface area contributed by atoms with Crippen molar-refractivity contribution in [2.24, 2.45) is 0 Å². The number of esters is 1. The summed E-state index contributed by atoms with van der Waals surface area (Å²) in [6, 6.07) is 7.40. The lowest BCUT2D eigenvalue weighted by molar-refractivity contribution is -0.385. The summed E-state index contributed by atoms with van der Waals surface area (Å²) in [4.78, 5) is 44.4. The molecule has 0 aliphatic rings. The zero-order chi connectivity index (χ0) is 20.8. The first kappa shape index (κ1) is 20.3. The van der Waals surface area contributed by atoms with E-state index in [9.17, 15) is 29.8 Å². The Labute approximate surface area is 158 Å². The molecule has 11 nitrogen and oxygen atoms in total. The van der Waals surface area contributed by atoms with Gasteiger partial charge in [-0.2, -0.15) is 0 Å². The Hall–Kier alpha value is -4.02. The van der Waals surface area contributed by atoms with Gasteiger partial charge in [-0.1, -0.05) is 6.07 Å². The second kappa shape index (κ2) is 8.58. The third kappa shape index (κ3) is 4.78. The van der Waals surface area contributed by atoms with Gasteiger partial charge in [-0.15, -0.1) is 0 Å². The Morgan fingerprint density at radius 1 is 1.07 bits per heavy atom. The number of carbonyl (C=O) groups is 2. The van der Waals surface area contributed by atoms with Crippen LogP contribution in [0.4, 0.5) is 17.1 Å². The smallest absolute Gasteiger partial charge is 0.338 e. The second-order valence-electron chi connectivity index (χ2n) is 5.52. The first-order chi connectivity index (χ1) is 13.2. The first-order valence-electron chi connectivity index (χ1n) is 7.77. The van der Waals surface area contributed by atoms with Gasteiger partial charge in [-0.25, -0.2) is 4.79 Å². The van der Waals surface area contributed by atoms with Crippen LogP contribution in [0.5, 0.6) is 5.75 Å². The zero-order valence-corrected chi connectivity index (χ0v) is 14.8. The van der Waals surface area contributed by atoms with Crippen LogP contribution in [-0.2, 0) is 9.53 Å². The molecule has 0 aliphatic heterocycles. The van der Waals surface area contributed by atoms with E-state index in [1.807, 2.05) is 0 Å². The zero-order valence-electron chi connectivity index (χ0n) is 14.8. The number of ether oxygens (including phenoxy) is 2. The van der Waals surface area contributed by atoms with Gasteiger partial charge in [0.05, 0.1) is 34.3 Å². The highest BCUT2D eigenvalue weighted by atomic mass is 16.6. The number of amides is 1. The van der Waals surface area contributed by atoms with Crippen molar-refractivity contribution in [2.45, 2.75) is 6.92 Å². The summed E-state index contributed by atoms with van der Waals surface area (Å²) in [7, 11) is 1.28. The van der Waals surface area contributed by atoms with Crippen LogP contribution in [0.25, 0.3) is 0 Å². The van der Waals surface area contributed by atoms with Crippen molar-refractivity contribution in [3.63, 3.8) is 0 Å². The molecule has 0 aliphatic carbocycles. The molecule has 1 amide bonds. The number of rotatable bonds is 7. The van der Waals surface area contributed by atoms with Crippen LogP contribution >= 0.6 is 0 Å². The maximum Gasteiger partial charge on any atom is 0.338 e. The first-order valence-corrected chi connectivity index (χ1v) is 7.77. The molecule has 2 rings (SSSR count). The van der Waals surface area contributed by atoms with E-state index in [-0.39, 0.29) is 28.4 Å². The minimum Gasteiger partial charge on any atom is -0.494 e. The maximum atomic E-state index is 12.0. The molecular weight excluding hydrogens is 374 g/mol. The van der Waals surface area contributed by atoms with Crippen molar-refractivity contribution in [1.29, 1.82) is 0 Å². The maximum absolute atomic E-state index is 12.0. The minimum absolute atomic E-state index is 0.0584. The number of benzene rings is 2. The number of hydrogen-bond donors (Lipinski definition) is 1. The number of anilines is 1. The van der Waals surface area contributed by atoms with E-state index in [1.54, 1.807) is 0 Å². The van der Waals surface area contributed by atoms with Crippen LogP contribution in [0.3, 0.4) is 0 Å². The summed E-state index contributed by atoms with van der Waals surface area (Å²) in [5.74, 6) is -1.57. The quantitative estimate of drug-likeness (QED) is 0.431. The van der Waals surface area contributed by atoms with Crippen molar-refractivity contribution < 1.29 is 28.9 Å². The molecule has 0 aromatic heterocycles. The number of aryl methyl sites for hydroxylation is 1. The summed E-state index contributed by atoms with van der Waals surface area (Å²) in [6.07, 6.45) is 0. The van der Waals surface area contributed by atoms with Gasteiger partial charge in [0, 0.05) is 17.7 Å². The number of carbonyl (C=O) groups excluding carboxylic acids is 2. The number of hydrogen-bond acceptors (Lipinski definition) is 8. The van der Waals surface area contributed by atoms with Crippen LogP contribution in [0.2, 0.25) is 0 Å². The van der Waals surface area contributed by atoms with Gasteiger partial charge in [0.25, 0.3) is 17.3 Å². The third-order valence-corrected chi connectivity index (χ3v) is 3.65. The lowest BCUT2D eigenvalue weighted by atomic mass is 10.1. The molecule has 2 aromatic rings. The lowest BCUT2D eigenvalue weighted by Crippen LogP contribution is -2.21. The van der Waals surface area contributed by atoms with E-state index in [4.69, 9.17) is 9.47 Å². The highest BCUT2D eigenvalue weighted by Gasteiger charge is 2.18. The summed E-state index contributed by atoms with van der Waals surface area (Å²) < 4.78 is 9.84. The summed E-state index contributed by atoms with van der Waals surface area (Å²) in [6.45, 7) is 0.860. The van der Waals surface area contributed by atoms with Gasteiger partial charge in [0.15, 0.2) is 6.61 Å². The van der Waals surface area contributed by atoms with E-state index < -0.39 is 28.3 Å². The molecular formula is C17H15N3O8. The Balaban J connectivity index is 2.03. The largest absolute Gasteiger partial charge is 0.494 e. The fourth-order valence-corrected chi connectivity index (χ4v) is 2.23. The molecule has 0 atom stereocenters. The van der Waals surface area contributed by atoms with Gasteiger partial charge in [0.2, 0.25) is 0 Å². The highest BCUT2D eigenvalue weighted by Crippen LogP contribution is 2.29.